The van der Waals surface area contributed by atoms with Crippen LogP contribution in [0.5, 0.6) is 0 Å². The zero-order valence-corrected chi connectivity index (χ0v) is 17.7. The molecule has 0 saturated heterocycles. The van der Waals surface area contributed by atoms with Crippen LogP contribution in [0.15, 0.2) is 53.8 Å². The smallest absolute Gasteiger partial charge is 0.262 e. The molecule has 160 valence electrons. The summed E-state index contributed by atoms with van der Waals surface area (Å²) in [6.07, 6.45) is 2.56. The van der Waals surface area contributed by atoms with E-state index in [1.807, 2.05) is 60.3 Å². The standard InChI is InChI=1S/C22H28N4O4/c1-24-11-7-10-19(24)18-14-20(17-8-5-4-6-9-17)26(23-18)21(27)15-25(12-13-29-2)22(28)16-30-3/h4-11,20H,12-16H2,1-3H3/t20-/m1/s1. The molecule has 0 bridgehead atoms. The summed E-state index contributed by atoms with van der Waals surface area (Å²) in [7, 11) is 4.97. The number of aryl methyl sites for hydroxylation is 1. The maximum absolute atomic E-state index is 13.2. The average Bonchev–Trinajstić information content (AvgIpc) is 3.38. The fraction of sp³-hybridized carbons (Fsp3) is 0.409. The second-order valence-corrected chi connectivity index (χ2v) is 7.16. The summed E-state index contributed by atoms with van der Waals surface area (Å²) in [6, 6.07) is 13.6. The number of amides is 2. The van der Waals surface area contributed by atoms with Crippen LogP contribution in [0.4, 0.5) is 0 Å². The van der Waals surface area contributed by atoms with Crippen molar-refractivity contribution in [2.24, 2.45) is 12.1 Å². The maximum atomic E-state index is 13.2. The molecule has 1 aromatic heterocycles. The molecule has 2 aromatic rings. The summed E-state index contributed by atoms with van der Waals surface area (Å²) in [6.45, 7) is 0.473. The summed E-state index contributed by atoms with van der Waals surface area (Å²) in [5.74, 6) is -0.501. The number of hydrazone groups is 1. The molecule has 0 aliphatic carbocycles. The Labute approximate surface area is 176 Å². The summed E-state index contributed by atoms with van der Waals surface area (Å²) >= 11 is 0. The highest BCUT2D eigenvalue weighted by Gasteiger charge is 2.34. The molecule has 2 heterocycles. The van der Waals surface area contributed by atoms with Crippen LogP contribution in [0.25, 0.3) is 0 Å². The molecule has 1 aromatic carbocycles. The van der Waals surface area contributed by atoms with Crippen LogP contribution in [0, 0.1) is 0 Å². The molecular weight excluding hydrogens is 384 g/mol. The van der Waals surface area contributed by atoms with Gasteiger partial charge in [-0.15, -0.1) is 0 Å². The van der Waals surface area contributed by atoms with E-state index in [0.717, 1.165) is 17.0 Å². The third-order valence-corrected chi connectivity index (χ3v) is 5.10. The number of carbonyl (C=O) groups is 2. The van der Waals surface area contributed by atoms with Gasteiger partial charge in [-0.1, -0.05) is 30.3 Å². The normalized spacial score (nSPS) is 15.9. The Bertz CT molecular complexity index is 894. The Hall–Kier alpha value is -2.97. The van der Waals surface area contributed by atoms with Gasteiger partial charge in [0.15, 0.2) is 0 Å². The number of hydrogen-bond donors (Lipinski definition) is 0. The number of nitrogens with zero attached hydrogens (tertiary/aromatic N) is 4. The van der Waals surface area contributed by atoms with Crippen molar-refractivity contribution in [3.8, 4) is 0 Å². The lowest BCUT2D eigenvalue weighted by molar-refractivity contribution is -0.144. The Balaban J connectivity index is 1.85. The Morgan fingerprint density at radius 2 is 1.90 bits per heavy atom. The SMILES string of the molecule is COCCN(CC(=O)N1N=C(c2cccn2C)C[C@@H]1c1ccccc1)C(=O)COC. The van der Waals surface area contributed by atoms with E-state index in [-0.39, 0.29) is 31.0 Å². The van der Waals surface area contributed by atoms with Gasteiger partial charge < -0.3 is 18.9 Å². The van der Waals surface area contributed by atoms with E-state index in [4.69, 9.17) is 9.47 Å². The lowest BCUT2D eigenvalue weighted by Gasteiger charge is -2.26. The Kier molecular flexibility index (Phi) is 7.37. The van der Waals surface area contributed by atoms with E-state index in [2.05, 4.69) is 5.10 Å². The van der Waals surface area contributed by atoms with E-state index < -0.39 is 0 Å². The first-order chi connectivity index (χ1) is 14.5. The molecule has 0 N–H and O–H groups in total. The van der Waals surface area contributed by atoms with E-state index in [9.17, 15) is 9.59 Å². The lowest BCUT2D eigenvalue weighted by atomic mass is 10.0. The van der Waals surface area contributed by atoms with Gasteiger partial charge >= 0.3 is 0 Å². The van der Waals surface area contributed by atoms with E-state index >= 15 is 0 Å². The van der Waals surface area contributed by atoms with Gasteiger partial charge in [0.1, 0.15) is 13.2 Å². The number of ether oxygens (including phenoxy) is 2. The molecule has 8 nitrogen and oxygen atoms in total. The first-order valence-electron chi connectivity index (χ1n) is 9.87. The zero-order valence-electron chi connectivity index (χ0n) is 17.7. The predicted octanol–water partition coefficient (Wildman–Crippen LogP) is 1.82. The van der Waals surface area contributed by atoms with Gasteiger partial charge in [0, 0.05) is 40.4 Å². The van der Waals surface area contributed by atoms with Crippen molar-refractivity contribution in [2.45, 2.75) is 12.5 Å². The molecule has 30 heavy (non-hydrogen) atoms. The molecule has 2 amide bonds. The number of hydrogen-bond acceptors (Lipinski definition) is 5. The molecule has 1 aliphatic rings. The topological polar surface area (TPSA) is 76.4 Å². The highest BCUT2D eigenvalue weighted by atomic mass is 16.5. The second kappa shape index (κ2) is 10.2. The first kappa shape index (κ1) is 21.7. The van der Waals surface area contributed by atoms with Crippen molar-refractivity contribution in [1.82, 2.24) is 14.5 Å². The summed E-state index contributed by atoms with van der Waals surface area (Å²) in [5.41, 5.74) is 2.82. The van der Waals surface area contributed by atoms with Crippen LogP contribution in [0.3, 0.4) is 0 Å². The van der Waals surface area contributed by atoms with Crippen LogP contribution < -0.4 is 0 Å². The van der Waals surface area contributed by atoms with Crippen molar-refractivity contribution in [2.75, 3.05) is 40.5 Å². The molecule has 0 unspecified atom stereocenters. The van der Waals surface area contributed by atoms with Crippen LogP contribution in [0.2, 0.25) is 0 Å². The van der Waals surface area contributed by atoms with Gasteiger partial charge in [0.25, 0.3) is 5.91 Å². The van der Waals surface area contributed by atoms with E-state index in [0.29, 0.717) is 19.6 Å². The fourth-order valence-electron chi connectivity index (χ4n) is 3.53. The molecule has 1 atom stereocenters. The van der Waals surface area contributed by atoms with Crippen molar-refractivity contribution in [3.05, 3.63) is 59.9 Å². The van der Waals surface area contributed by atoms with Crippen LogP contribution in [0.1, 0.15) is 23.7 Å². The van der Waals surface area contributed by atoms with Crippen LogP contribution in [-0.2, 0) is 26.1 Å². The van der Waals surface area contributed by atoms with E-state index in [1.165, 1.54) is 17.0 Å². The largest absolute Gasteiger partial charge is 0.383 e. The molecular formula is C22H28N4O4. The summed E-state index contributed by atoms with van der Waals surface area (Å²) in [4.78, 5) is 27.1. The predicted molar refractivity (Wildman–Crippen MR) is 113 cm³/mol. The number of carbonyl (C=O) groups excluding carboxylic acids is 2. The highest BCUT2D eigenvalue weighted by Crippen LogP contribution is 2.32. The van der Waals surface area contributed by atoms with Gasteiger partial charge in [-0.2, -0.15) is 5.10 Å². The minimum absolute atomic E-state index is 0.0845. The molecule has 0 spiro atoms. The van der Waals surface area contributed by atoms with Crippen molar-refractivity contribution < 1.29 is 19.1 Å². The average molecular weight is 412 g/mol. The van der Waals surface area contributed by atoms with Gasteiger partial charge in [0.05, 0.1) is 24.1 Å². The zero-order chi connectivity index (χ0) is 21.5. The lowest BCUT2D eigenvalue weighted by Crippen LogP contribution is -2.44. The van der Waals surface area contributed by atoms with Crippen molar-refractivity contribution >= 4 is 17.5 Å². The number of methoxy groups -OCH3 is 2. The fourth-order valence-corrected chi connectivity index (χ4v) is 3.53. The van der Waals surface area contributed by atoms with Crippen molar-refractivity contribution in [1.29, 1.82) is 0 Å². The third kappa shape index (κ3) is 4.95. The van der Waals surface area contributed by atoms with Crippen LogP contribution in [-0.4, -0.2) is 72.5 Å². The third-order valence-electron chi connectivity index (χ3n) is 5.10. The summed E-state index contributed by atoms with van der Waals surface area (Å²) in [5, 5.41) is 6.18. The molecule has 3 rings (SSSR count). The quantitative estimate of drug-likeness (QED) is 0.630. The van der Waals surface area contributed by atoms with Crippen molar-refractivity contribution in [3.63, 3.8) is 0 Å². The number of benzene rings is 1. The molecule has 8 heteroatoms. The minimum Gasteiger partial charge on any atom is -0.383 e. The molecule has 1 aliphatic heterocycles. The monoisotopic (exact) mass is 412 g/mol. The summed E-state index contributed by atoms with van der Waals surface area (Å²) < 4.78 is 12.0. The number of aromatic nitrogens is 1. The van der Waals surface area contributed by atoms with Gasteiger partial charge in [-0.05, 0) is 17.7 Å². The van der Waals surface area contributed by atoms with Gasteiger partial charge in [0.2, 0.25) is 5.91 Å². The second-order valence-electron chi connectivity index (χ2n) is 7.16. The highest BCUT2D eigenvalue weighted by molar-refractivity contribution is 6.02. The Morgan fingerprint density at radius 1 is 1.13 bits per heavy atom. The Morgan fingerprint density at radius 3 is 2.53 bits per heavy atom. The van der Waals surface area contributed by atoms with Crippen LogP contribution >= 0.6 is 0 Å². The molecule has 0 radical (unpaired) electrons. The van der Waals surface area contributed by atoms with Gasteiger partial charge in [-0.3, -0.25) is 9.59 Å². The first-order valence-corrected chi connectivity index (χ1v) is 9.87. The maximum Gasteiger partial charge on any atom is 0.262 e. The number of rotatable bonds is 9. The molecule has 0 fully saturated rings. The minimum atomic E-state index is -0.259. The van der Waals surface area contributed by atoms with E-state index in [1.54, 1.807) is 7.11 Å². The molecule has 0 saturated carbocycles. The van der Waals surface area contributed by atoms with Gasteiger partial charge in [-0.25, -0.2) is 5.01 Å².